The van der Waals surface area contributed by atoms with E-state index in [1.807, 2.05) is 18.2 Å². The smallest absolute Gasteiger partial charge is 0.350 e. The highest BCUT2D eigenvalue weighted by atomic mass is 32.1. The van der Waals surface area contributed by atoms with E-state index in [2.05, 4.69) is 27.2 Å². The lowest BCUT2D eigenvalue weighted by Gasteiger charge is -2.35. The summed E-state index contributed by atoms with van der Waals surface area (Å²) in [6.07, 6.45) is 0. The lowest BCUT2D eigenvalue weighted by Crippen LogP contribution is -2.48. The zero-order valence-electron chi connectivity index (χ0n) is 14.1. The van der Waals surface area contributed by atoms with Crippen molar-refractivity contribution in [2.75, 3.05) is 50.1 Å². The largest absolute Gasteiger partial charge is 0.465 e. The van der Waals surface area contributed by atoms with Crippen LogP contribution in [0.5, 0.6) is 0 Å². The van der Waals surface area contributed by atoms with Gasteiger partial charge in [0.25, 0.3) is 0 Å². The molecule has 1 aromatic carbocycles. The molecule has 1 saturated heterocycles. The molecule has 1 amide bonds. The second-order valence-corrected chi connectivity index (χ2v) is 6.72. The predicted octanol–water partition coefficient (Wildman–Crippen LogP) is 2.30. The van der Waals surface area contributed by atoms with Crippen molar-refractivity contribution in [1.82, 2.24) is 4.90 Å². The van der Waals surface area contributed by atoms with Gasteiger partial charge in [0.1, 0.15) is 4.88 Å². The Balaban J connectivity index is 1.50. The third-order valence-corrected chi connectivity index (χ3v) is 5.07. The van der Waals surface area contributed by atoms with Crippen molar-refractivity contribution in [3.8, 4) is 0 Å². The number of nitrogens with one attached hydrogen (secondary N) is 1. The summed E-state index contributed by atoms with van der Waals surface area (Å²) >= 11 is 1.26. The van der Waals surface area contributed by atoms with Gasteiger partial charge in [-0.15, -0.1) is 11.3 Å². The van der Waals surface area contributed by atoms with Gasteiger partial charge in [-0.25, -0.2) is 4.79 Å². The van der Waals surface area contributed by atoms with E-state index in [1.165, 1.54) is 24.1 Å². The minimum atomic E-state index is -0.429. The number of anilines is 2. The molecule has 0 unspecified atom stereocenters. The minimum Gasteiger partial charge on any atom is -0.465 e. The molecule has 0 bridgehead atoms. The lowest BCUT2D eigenvalue weighted by atomic mass is 10.2. The summed E-state index contributed by atoms with van der Waals surface area (Å²) in [5.74, 6) is -0.543. The fraction of sp³-hybridized carbons (Fsp3) is 0.333. The number of para-hydroxylation sites is 1. The average Bonchev–Trinajstić information content (AvgIpc) is 3.10. The van der Waals surface area contributed by atoms with Gasteiger partial charge in [0.05, 0.1) is 19.3 Å². The van der Waals surface area contributed by atoms with E-state index >= 15 is 0 Å². The topological polar surface area (TPSA) is 61.9 Å². The molecule has 1 N–H and O–H groups in total. The van der Waals surface area contributed by atoms with Crippen molar-refractivity contribution in [2.45, 2.75) is 0 Å². The highest BCUT2D eigenvalue weighted by molar-refractivity contribution is 7.12. The Kier molecular flexibility index (Phi) is 5.67. The summed E-state index contributed by atoms with van der Waals surface area (Å²) < 4.78 is 4.72. The Morgan fingerprint density at radius 3 is 2.52 bits per heavy atom. The van der Waals surface area contributed by atoms with Crippen LogP contribution in [-0.2, 0) is 9.53 Å². The normalized spacial score (nSPS) is 15.0. The summed E-state index contributed by atoms with van der Waals surface area (Å²) in [5.41, 5.74) is 1.73. The SMILES string of the molecule is COC(=O)c1sccc1NC(=O)CN1CCN(c2ccccc2)CC1. The molecule has 1 aliphatic rings. The standard InChI is InChI=1S/C18H21N3O3S/c1-24-18(23)17-15(7-12-25-17)19-16(22)13-20-8-10-21(11-9-20)14-5-3-2-4-6-14/h2-7,12H,8-11,13H2,1H3,(H,19,22). The van der Waals surface area contributed by atoms with E-state index in [4.69, 9.17) is 4.74 Å². The van der Waals surface area contributed by atoms with Crippen LogP contribution in [0.25, 0.3) is 0 Å². The zero-order chi connectivity index (χ0) is 17.6. The highest BCUT2D eigenvalue weighted by Gasteiger charge is 2.21. The van der Waals surface area contributed by atoms with Crippen molar-refractivity contribution in [3.63, 3.8) is 0 Å². The summed E-state index contributed by atoms with van der Waals surface area (Å²) in [4.78, 5) is 28.8. The Morgan fingerprint density at radius 1 is 1.12 bits per heavy atom. The second kappa shape index (κ2) is 8.13. The number of carbonyl (C=O) groups excluding carboxylic acids is 2. The van der Waals surface area contributed by atoms with Gasteiger partial charge in [-0.2, -0.15) is 0 Å². The maximum absolute atomic E-state index is 12.3. The second-order valence-electron chi connectivity index (χ2n) is 5.80. The molecule has 6 nitrogen and oxygen atoms in total. The predicted molar refractivity (Wildman–Crippen MR) is 99.4 cm³/mol. The minimum absolute atomic E-state index is 0.114. The number of esters is 1. The van der Waals surface area contributed by atoms with Crippen molar-refractivity contribution in [2.24, 2.45) is 0 Å². The van der Waals surface area contributed by atoms with Gasteiger partial charge in [-0.1, -0.05) is 18.2 Å². The maximum atomic E-state index is 12.3. The number of nitrogens with zero attached hydrogens (tertiary/aromatic N) is 2. The molecular formula is C18H21N3O3S. The van der Waals surface area contributed by atoms with Gasteiger partial charge in [-0.05, 0) is 23.6 Å². The van der Waals surface area contributed by atoms with Crippen LogP contribution in [-0.4, -0.2) is 56.6 Å². The van der Waals surface area contributed by atoms with E-state index in [-0.39, 0.29) is 5.91 Å². The van der Waals surface area contributed by atoms with Gasteiger partial charge < -0.3 is 15.0 Å². The Morgan fingerprint density at radius 2 is 1.84 bits per heavy atom. The number of benzene rings is 1. The average molecular weight is 359 g/mol. The first kappa shape index (κ1) is 17.4. The number of hydrogen-bond acceptors (Lipinski definition) is 6. The number of piperazine rings is 1. The number of carbonyl (C=O) groups is 2. The van der Waals surface area contributed by atoms with E-state index < -0.39 is 5.97 Å². The molecule has 1 aliphatic heterocycles. The summed E-state index contributed by atoms with van der Waals surface area (Å²) in [6.45, 7) is 3.76. The number of amides is 1. The van der Waals surface area contributed by atoms with Gasteiger partial charge in [0.15, 0.2) is 0 Å². The molecule has 0 radical (unpaired) electrons. The molecular weight excluding hydrogens is 338 g/mol. The molecule has 1 fully saturated rings. The van der Waals surface area contributed by atoms with Crippen molar-refractivity contribution >= 4 is 34.6 Å². The van der Waals surface area contributed by atoms with Crippen LogP contribution in [0.1, 0.15) is 9.67 Å². The quantitative estimate of drug-likeness (QED) is 0.830. The molecule has 7 heteroatoms. The molecule has 2 aromatic rings. The lowest BCUT2D eigenvalue weighted by molar-refractivity contribution is -0.117. The molecule has 0 atom stereocenters. The van der Waals surface area contributed by atoms with Gasteiger partial charge >= 0.3 is 5.97 Å². The van der Waals surface area contributed by atoms with Gasteiger partial charge in [0.2, 0.25) is 5.91 Å². The molecule has 0 saturated carbocycles. The first-order chi connectivity index (χ1) is 12.2. The Hall–Kier alpha value is -2.38. The third-order valence-electron chi connectivity index (χ3n) is 4.17. The molecule has 25 heavy (non-hydrogen) atoms. The molecule has 0 aliphatic carbocycles. The van der Waals surface area contributed by atoms with Crippen LogP contribution in [0.3, 0.4) is 0 Å². The first-order valence-electron chi connectivity index (χ1n) is 8.15. The number of rotatable bonds is 5. The fourth-order valence-electron chi connectivity index (χ4n) is 2.85. The van der Waals surface area contributed by atoms with Crippen LogP contribution in [0.15, 0.2) is 41.8 Å². The number of thiophene rings is 1. The van der Waals surface area contributed by atoms with E-state index in [0.29, 0.717) is 17.1 Å². The monoisotopic (exact) mass is 359 g/mol. The molecule has 132 valence electrons. The molecule has 3 rings (SSSR count). The number of ether oxygens (including phenoxy) is 1. The van der Waals surface area contributed by atoms with E-state index in [9.17, 15) is 9.59 Å². The van der Waals surface area contributed by atoms with Crippen molar-refractivity contribution in [1.29, 1.82) is 0 Å². The van der Waals surface area contributed by atoms with Crippen LogP contribution in [0.2, 0.25) is 0 Å². The maximum Gasteiger partial charge on any atom is 0.350 e. The zero-order valence-corrected chi connectivity index (χ0v) is 14.9. The molecule has 0 spiro atoms. The van der Waals surface area contributed by atoms with Crippen LogP contribution in [0, 0.1) is 0 Å². The Bertz CT molecular complexity index is 724. The van der Waals surface area contributed by atoms with Crippen LogP contribution >= 0.6 is 11.3 Å². The Labute approximate surface area is 151 Å². The number of hydrogen-bond donors (Lipinski definition) is 1. The highest BCUT2D eigenvalue weighted by Crippen LogP contribution is 2.23. The van der Waals surface area contributed by atoms with Crippen molar-refractivity contribution < 1.29 is 14.3 Å². The van der Waals surface area contributed by atoms with E-state index in [1.54, 1.807) is 11.4 Å². The summed E-state index contributed by atoms with van der Waals surface area (Å²) in [5, 5.41) is 4.58. The summed E-state index contributed by atoms with van der Waals surface area (Å²) in [7, 11) is 1.33. The fourth-order valence-corrected chi connectivity index (χ4v) is 3.62. The van der Waals surface area contributed by atoms with Crippen molar-refractivity contribution in [3.05, 3.63) is 46.7 Å². The molecule has 1 aromatic heterocycles. The van der Waals surface area contributed by atoms with Gasteiger partial charge in [-0.3, -0.25) is 9.69 Å². The number of methoxy groups -OCH3 is 1. The van der Waals surface area contributed by atoms with Crippen LogP contribution < -0.4 is 10.2 Å². The summed E-state index contributed by atoms with van der Waals surface area (Å²) in [6, 6.07) is 12.0. The molecule has 2 heterocycles. The van der Waals surface area contributed by atoms with E-state index in [0.717, 1.165) is 26.2 Å². The third kappa shape index (κ3) is 4.37. The first-order valence-corrected chi connectivity index (χ1v) is 9.03. The van der Waals surface area contributed by atoms with Gasteiger partial charge in [0, 0.05) is 31.9 Å². The van der Waals surface area contributed by atoms with Crippen LogP contribution in [0.4, 0.5) is 11.4 Å².